The Morgan fingerprint density at radius 2 is 1.53 bits per heavy atom. The van der Waals surface area contributed by atoms with Gasteiger partial charge in [0.15, 0.2) is 0 Å². The minimum Gasteiger partial charge on any atom is -0.369 e. The summed E-state index contributed by atoms with van der Waals surface area (Å²) in [5.74, 6) is 0. The Balaban J connectivity index is 3.58. The van der Waals surface area contributed by atoms with Gasteiger partial charge in [0.2, 0.25) is 0 Å². The monoisotopic (exact) mass is 347 g/mol. The number of hydrogen-bond donors (Lipinski definition) is 1. The summed E-state index contributed by atoms with van der Waals surface area (Å²) in [6.07, 6.45) is -11.9. The third-order valence-electron chi connectivity index (χ3n) is 2.33. The summed E-state index contributed by atoms with van der Waals surface area (Å²) in [5, 5.41) is 17.7. The van der Waals surface area contributed by atoms with Crippen LogP contribution in [0.15, 0.2) is 22.7 Å². The van der Waals surface area contributed by atoms with Gasteiger partial charge in [-0.1, -0.05) is 6.07 Å². The van der Waals surface area contributed by atoms with Gasteiger partial charge in [-0.15, -0.1) is 0 Å². The Morgan fingerprint density at radius 3 is 1.89 bits per heavy atom. The topological polar surface area (TPSA) is 44.0 Å². The maximum Gasteiger partial charge on any atom is 0.430 e. The lowest BCUT2D eigenvalue weighted by Gasteiger charge is -2.32. The van der Waals surface area contributed by atoms with E-state index < -0.39 is 29.1 Å². The zero-order valence-corrected chi connectivity index (χ0v) is 10.4. The van der Waals surface area contributed by atoms with Gasteiger partial charge in [-0.3, -0.25) is 0 Å². The predicted octanol–water partition coefficient (Wildman–Crippen LogP) is 3.63. The largest absolute Gasteiger partial charge is 0.430 e. The van der Waals surface area contributed by atoms with Crippen LogP contribution in [0.1, 0.15) is 11.1 Å². The average molecular weight is 348 g/mol. The first-order valence-corrected chi connectivity index (χ1v) is 5.30. The van der Waals surface area contributed by atoms with Crippen molar-refractivity contribution in [2.75, 3.05) is 0 Å². The van der Waals surface area contributed by atoms with E-state index in [9.17, 15) is 26.3 Å². The first-order valence-electron chi connectivity index (χ1n) is 4.51. The van der Waals surface area contributed by atoms with Crippen molar-refractivity contribution in [3.63, 3.8) is 0 Å². The molecule has 1 N–H and O–H groups in total. The fourth-order valence-corrected chi connectivity index (χ4v) is 1.66. The molecule has 1 aromatic rings. The highest BCUT2D eigenvalue weighted by Gasteiger charge is 2.71. The molecule has 0 aliphatic heterocycles. The van der Waals surface area contributed by atoms with Crippen molar-refractivity contribution in [3.8, 4) is 6.07 Å². The number of benzene rings is 1. The highest BCUT2D eigenvalue weighted by Crippen LogP contribution is 2.50. The van der Waals surface area contributed by atoms with E-state index in [0.29, 0.717) is 12.1 Å². The maximum atomic E-state index is 12.6. The number of nitriles is 1. The number of nitrogens with zero attached hydrogens (tertiary/aromatic N) is 1. The molecule has 0 radical (unpaired) electrons. The van der Waals surface area contributed by atoms with Crippen LogP contribution in [0.4, 0.5) is 26.3 Å². The Morgan fingerprint density at radius 1 is 1.05 bits per heavy atom. The molecule has 0 amide bonds. The third-order valence-corrected chi connectivity index (χ3v) is 3.02. The van der Waals surface area contributed by atoms with Gasteiger partial charge in [0, 0.05) is 10.0 Å². The van der Waals surface area contributed by atoms with Crippen molar-refractivity contribution in [2.24, 2.45) is 0 Å². The summed E-state index contributed by atoms with van der Waals surface area (Å²) in [6, 6.07) is 3.04. The van der Waals surface area contributed by atoms with E-state index in [0.717, 1.165) is 6.07 Å². The third kappa shape index (κ3) is 2.55. The lowest BCUT2D eigenvalue weighted by atomic mass is 9.91. The summed E-state index contributed by atoms with van der Waals surface area (Å²) in [7, 11) is 0. The molecule has 0 atom stereocenters. The van der Waals surface area contributed by atoms with Gasteiger partial charge in [0.05, 0.1) is 5.56 Å². The molecule has 2 nitrogen and oxygen atoms in total. The molecule has 1 rings (SSSR count). The first kappa shape index (κ1) is 15.8. The Labute approximate surface area is 111 Å². The summed E-state index contributed by atoms with van der Waals surface area (Å²) in [6.45, 7) is 0. The number of aliphatic hydroxyl groups is 1. The Kier molecular flexibility index (Phi) is 3.89. The molecule has 9 heteroatoms. The smallest absolute Gasteiger partial charge is 0.369 e. The van der Waals surface area contributed by atoms with E-state index in [1.54, 1.807) is 0 Å². The van der Waals surface area contributed by atoms with Crippen LogP contribution in [-0.2, 0) is 5.60 Å². The van der Waals surface area contributed by atoms with Gasteiger partial charge in [0.1, 0.15) is 6.07 Å². The molecule has 19 heavy (non-hydrogen) atoms. The second-order valence-electron chi connectivity index (χ2n) is 3.51. The molecule has 0 heterocycles. The fourth-order valence-electron chi connectivity index (χ4n) is 1.32. The van der Waals surface area contributed by atoms with Gasteiger partial charge in [-0.2, -0.15) is 31.6 Å². The minimum atomic E-state index is -5.97. The highest BCUT2D eigenvalue weighted by atomic mass is 79.9. The second kappa shape index (κ2) is 4.68. The Hall–Kier alpha value is -1.27. The number of alkyl halides is 6. The van der Waals surface area contributed by atoms with E-state index >= 15 is 0 Å². The molecule has 0 aromatic heterocycles. The van der Waals surface area contributed by atoms with Crippen LogP contribution in [0.25, 0.3) is 0 Å². The van der Waals surface area contributed by atoms with E-state index in [-0.39, 0.29) is 4.47 Å². The average Bonchev–Trinajstić information content (AvgIpc) is 2.25. The Bertz CT molecular complexity index is 516. The minimum absolute atomic E-state index is 0.0189. The maximum absolute atomic E-state index is 12.6. The molecule has 1 aromatic carbocycles. The van der Waals surface area contributed by atoms with Crippen LogP contribution in [0, 0.1) is 11.3 Å². The normalized spacial score (nSPS) is 13.2. The van der Waals surface area contributed by atoms with Crippen LogP contribution < -0.4 is 0 Å². The molecule has 0 unspecified atom stereocenters. The van der Waals surface area contributed by atoms with Crippen molar-refractivity contribution in [2.45, 2.75) is 18.0 Å². The lowest BCUT2D eigenvalue weighted by molar-refractivity contribution is -0.376. The van der Waals surface area contributed by atoms with E-state index in [2.05, 4.69) is 15.9 Å². The molecular weight excluding hydrogens is 344 g/mol. The van der Waals surface area contributed by atoms with E-state index in [1.165, 1.54) is 6.07 Å². The molecule has 0 saturated heterocycles. The van der Waals surface area contributed by atoms with Crippen molar-refractivity contribution in [3.05, 3.63) is 33.8 Å². The molecule has 0 spiro atoms. The molecule has 0 bridgehead atoms. The zero-order chi connectivity index (χ0) is 15.1. The van der Waals surface area contributed by atoms with Crippen molar-refractivity contribution in [1.29, 1.82) is 5.26 Å². The molecule has 0 fully saturated rings. The van der Waals surface area contributed by atoms with Gasteiger partial charge < -0.3 is 5.11 Å². The van der Waals surface area contributed by atoms with Crippen LogP contribution in [0.2, 0.25) is 0 Å². The standard InChI is InChI=1S/C10H4BrF6NO/c11-7-2-1-6(3-5(7)4-18)8(19,9(12,13)14)10(15,16)17/h1-3,19H. The first-order chi connectivity index (χ1) is 8.45. The molecule has 104 valence electrons. The predicted molar refractivity (Wildman–Crippen MR) is 54.9 cm³/mol. The van der Waals surface area contributed by atoms with Crippen LogP contribution in [0.5, 0.6) is 0 Å². The molecule has 0 aliphatic rings. The van der Waals surface area contributed by atoms with Gasteiger partial charge >= 0.3 is 12.4 Å². The van der Waals surface area contributed by atoms with Crippen molar-refractivity contribution < 1.29 is 31.4 Å². The molecule has 0 saturated carbocycles. The SMILES string of the molecule is N#Cc1cc(C(O)(C(F)(F)F)C(F)(F)F)ccc1Br. The van der Waals surface area contributed by atoms with E-state index in [1.807, 2.05) is 0 Å². The summed E-state index contributed by atoms with van der Waals surface area (Å²) >= 11 is 2.79. The van der Waals surface area contributed by atoms with Crippen LogP contribution in [0.3, 0.4) is 0 Å². The highest BCUT2D eigenvalue weighted by molar-refractivity contribution is 9.10. The van der Waals surface area contributed by atoms with Gasteiger partial charge in [0.25, 0.3) is 5.60 Å². The molecule has 0 aliphatic carbocycles. The van der Waals surface area contributed by atoms with Gasteiger partial charge in [-0.25, -0.2) is 0 Å². The van der Waals surface area contributed by atoms with Crippen molar-refractivity contribution in [1.82, 2.24) is 0 Å². The van der Waals surface area contributed by atoms with E-state index in [4.69, 9.17) is 10.4 Å². The van der Waals surface area contributed by atoms with Gasteiger partial charge in [-0.05, 0) is 28.1 Å². The van der Waals surface area contributed by atoms with Crippen LogP contribution in [-0.4, -0.2) is 17.5 Å². The zero-order valence-electron chi connectivity index (χ0n) is 8.77. The molecular formula is C10H4BrF6NO. The van der Waals surface area contributed by atoms with Crippen molar-refractivity contribution >= 4 is 15.9 Å². The summed E-state index contributed by atoms with van der Waals surface area (Å²) in [5.41, 5.74) is -6.94. The fraction of sp³-hybridized carbons (Fsp3) is 0.300. The number of hydrogen-bond acceptors (Lipinski definition) is 2. The second-order valence-corrected chi connectivity index (χ2v) is 4.37. The number of halogens is 7. The quantitative estimate of drug-likeness (QED) is 0.788. The lowest BCUT2D eigenvalue weighted by Crippen LogP contribution is -2.53. The summed E-state index contributed by atoms with van der Waals surface area (Å²) < 4.78 is 75.4. The number of rotatable bonds is 1. The summed E-state index contributed by atoms with van der Waals surface area (Å²) in [4.78, 5) is 0. The van der Waals surface area contributed by atoms with Crippen LogP contribution >= 0.6 is 15.9 Å².